The summed E-state index contributed by atoms with van der Waals surface area (Å²) in [5.74, 6) is 0.779. The predicted molar refractivity (Wildman–Crippen MR) is 91.6 cm³/mol. The molecule has 3 nitrogen and oxygen atoms in total. The Morgan fingerprint density at radius 1 is 1.10 bits per heavy atom. The van der Waals surface area contributed by atoms with Crippen LogP contribution in [0, 0.1) is 5.92 Å². The van der Waals surface area contributed by atoms with Gasteiger partial charge in [0.15, 0.2) is 0 Å². The fourth-order valence-corrected chi connectivity index (χ4v) is 4.48. The molecule has 3 heteroatoms. The highest BCUT2D eigenvalue weighted by Crippen LogP contribution is 2.31. The van der Waals surface area contributed by atoms with Crippen LogP contribution in [0.4, 0.5) is 0 Å². The van der Waals surface area contributed by atoms with Gasteiger partial charge in [-0.05, 0) is 31.6 Å². The summed E-state index contributed by atoms with van der Waals surface area (Å²) < 4.78 is 0. The van der Waals surface area contributed by atoms with Gasteiger partial charge in [0.2, 0.25) is 0 Å². The lowest BCUT2D eigenvalue weighted by Gasteiger charge is -2.49. The van der Waals surface area contributed by atoms with Crippen molar-refractivity contribution in [2.45, 2.75) is 77.3 Å². The number of nitrogens with two attached hydrogens (primary N) is 1. The summed E-state index contributed by atoms with van der Waals surface area (Å²) >= 11 is 0. The van der Waals surface area contributed by atoms with Crippen molar-refractivity contribution in [2.75, 3.05) is 32.7 Å². The highest BCUT2D eigenvalue weighted by molar-refractivity contribution is 4.95. The number of nitrogens with zero attached hydrogens (tertiary/aromatic N) is 2. The first-order valence-corrected chi connectivity index (χ1v) is 9.34. The van der Waals surface area contributed by atoms with Gasteiger partial charge in [-0.15, -0.1) is 0 Å². The first kappa shape index (κ1) is 17.2. The van der Waals surface area contributed by atoms with Crippen molar-refractivity contribution in [3.63, 3.8) is 0 Å². The summed E-state index contributed by atoms with van der Waals surface area (Å²) in [5, 5.41) is 0. The summed E-state index contributed by atoms with van der Waals surface area (Å²) in [6.07, 6.45) is 9.48. The van der Waals surface area contributed by atoms with Gasteiger partial charge in [-0.25, -0.2) is 0 Å². The van der Waals surface area contributed by atoms with Crippen molar-refractivity contribution < 1.29 is 0 Å². The molecule has 1 heterocycles. The average Bonchev–Trinajstić information content (AvgIpc) is 3.07. The van der Waals surface area contributed by atoms with Crippen LogP contribution in [0.25, 0.3) is 0 Å². The SMILES string of the molecule is CCC(C)CC(CC)(CN)N1CCN(C2CCCC2)CC1. The van der Waals surface area contributed by atoms with Gasteiger partial charge < -0.3 is 5.73 Å². The molecule has 0 radical (unpaired) electrons. The number of hydrogen-bond donors (Lipinski definition) is 1. The van der Waals surface area contributed by atoms with Crippen LogP contribution in [0.15, 0.2) is 0 Å². The molecule has 0 aromatic heterocycles. The Bertz CT molecular complexity index is 287. The molecule has 1 saturated carbocycles. The number of piperazine rings is 1. The first-order valence-electron chi connectivity index (χ1n) is 9.34. The van der Waals surface area contributed by atoms with Gasteiger partial charge in [0.05, 0.1) is 0 Å². The Kier molecular flexibility index (Phi) is 6.51. The fourth-order valence-electron chi connectivity index (χ4n) is 4.48. The van der Waals surface area contributed by atoms with E-state index < -0.39 is 0 Å². The molecular weight excluding hydrogens is 258 g/mol. The molecular formula is C18H37N3. The summed E-state index contributed by atoms with van der Waals surface area (Å²) in [4.78, 5) is 5.48. The Hall–Kier alpha value is -0.120. The molecule has 1 aliphatic heterocycles. The number of rotatable bonds is 7. The third kappa shape index (κ3) is 4.00. The van der Waals surface area contributed by atoms with Crippen molar-refractivity contribution >= 4 is 0 Å². The normalized spacial score (nSPS) is 26.9. The van der Waals surface area contributed by atoms with Crippen LogP contribution in [0.5, 0.6) is 0 Å². The molecule has 0 amide bonds. The molecule has 124 valence electrons. The molecule has 2 aliphatic rings. The Morgan fingerprint density at radius 2 is 1.71 bits per heavy atom. The zero-order valence-corrected chi connectivity index (χ0v) is 14.6. The van der Waals surface area contributed by atoms with Gasteiger partial charge in [0.1, 0.15) is 0 Å². The van der Waals surface area contributed by atoms with Gasteiger partial charge in [-0.1, -0.05) is 40.0 Å². The van der Waals surface area contributed by atoms with Crippen LogP contribution in [-0.4, -0.2) is 54.1 Å². The van der Waals surface area contributed by atoms with E-state index in [9.17, 15) is 0 Å². The van der Waals surface area contributed by atoms with E-state index in [4.69, 9.17) is 5.73 Å². The smallest absolute Gasteiger partial charge is 0.0332 e. The van der Waals surface area contributed by atoms with Crippen molar-refractivity contribution in [3.8, 4) is 0 Å². The Morgan fingerprint density at radius 3 is 2.19 bits per heavy atom. The molecule has 2 N–H and O–H groups in total. The summed E-state index contributed by atoms with van der Waals surface area (Å²) in [5.41, 5.74) is 6.50. The van der Waals surface area contributed by atoms with Crippen LogP contribution in [0.3, 0.4) is 0 Å². The molecule has 2 rings (SSSR count). The van der Waals surface area contributed by atoms with Crippen LogP contribution in [-0.2, 0) is 0 Å². The summed E-state index contributed by atoms with van der Waals surface area (Å²) in [6.45, 7) is 12.8. The van der Waals surface area contributed by atoms with E-state index in [2.05, 4.69) is 30.6 Å². The standard InChI is InChI=1S/C18H37N3/c1-4-16(3)14-18(5-2,15-19)21-12-10-20(11-13-21)17-8-6-7-9-17/h16-17H,4-15,19H2,1-3H3. The van der Waals surface area contributed by atoms with Crippen molar-refractivity contribution in [2.24, 2.45) is 11.7 Å². The minimum atomic E-state index is 0.247. The van der Waals surface area contributed by atoms with Crippen LogP contribution >= 0.6 is 0 Å². The highest BCUT2D eigenvalue weighted by Gasteiger charge is 2.37. The molecule has 1 aliphatic carbocycles. The van der Waals surface area contributed by atoms with Gasteiger partial charge in [0.25, 0.3) is 0 Å². The zero-order valence-electron chi connectivity index (χ0n) is 14.6. The van der Waals surface area contributed by atoms with E-state index in [-0.39, 0.29) is 5.54 Å². The Labute approximate surface area is 132 Å². The highest BCUT2D eigenvalue weighted by atomic mass is 15.3. The van der Waals surface area contributed by atoms with E-state index >= 15 is 0 Å². The molecule has 0 aromatic rings. The third-order valence-corrected chi connectivity index (χ3v) is 6.29. The van der Waals surface area contributed by atoms with Gasteiger partial charge in [0, 0.05) is 44.3 Å². The fraction of sp³-hybridized carbons (Fsp3) is 1.00. The summed E-state index contributed by atoms with van der Waals surface area (Å²) in [7, 11) is 0. The van der Waals surface area contributed by atoms with E-state index in [0.717, 1.165) is 18.5 Å². The molecule has 1 saturated heterocycles. The maximum absolute atomic E-state index is 6.25. The van der Waals surface area contributed by atoms with Crippen LogP contribution < -0.4 is 5.73 Å². The quantitative estimate of drug-likeness (QED) is 0.783. The molecule has 2 atom stereocenters. The van der Waals surface area contributed by atoms with Crippen molar-refractivity contribution in [1.29, 1.82) is 0 Å². The monoisotopic (exact) mass is 295 g/mol. The predicted octanol–water partition coefficient (Wildman–Crippen LogP) is 3.09. The maximum atomic E-state index is 6.25. The van der Waals surface area contributed by atoms with Gasteiger partial charge in [-0.2, -0.15) is 0 Å². The third-order valence-electron chi connectivity index (χ3n) is 6.29. The minimum Gasteiger partial charge on any atom is -0.329 e. The summed E-state index contributed by atoms with van der Waals surface area (Å²) in [6, 6.07) is 0.885. The lowest BCUT2D eigenvalue weighted by molar-refractivity contribution is 0.00702. The minimum absolute atomic E-state index is 0.247. The molecule has 21 heavy (non-hydrogen) atoms. The second-order valence-electron chi connectivity index (χ2n) is 7.46. The second-order valence-corrected chi connectivity index (χ2v) is 7.46. The first-order chi connectivity index (χ1) is 10.1. The lowest BCUT2D eigenvalue weighted by atomic mass is 9.82. The van der Waals surface area contributed by atoms with Crippen molar-refractivity contribution in [3.05, 3.63) is 0 Å². The van der Waals surface area contributed by atoms with Gasteiger partial charge in [-0.3, -0.25) is 9.80 Å². The van der Waals surface area contributed by atoms with E-state index in [1.165, 1.54) is 71.1 Å². The van der Waals surface area contributed by atoms with Crippen LogP contribution in [0.1, 0.15) is 65.7 Å². The molecule has 2 fully saturated rings. The molecule has 0 bridgehead atoms. The average molecular weight is 296 g/mol. The lowest BCUT2D eigenvalue weighted by Crippen LogP contribution is -2.61. The Balaban J connectivity index is 1.93. The molecule has 0 aromatic carbocycles. The van der Waals surface area contributed by atoms with E-state index in [1.807, 2.05) is 0 Å². The molecule has 2 unspecified atom stereocenters. The zero-order chi connectivity index (χ0) is 15.3. The van der Waals surface area contributed by atoms with Gasteiger partial charge >= 0.3 is 0 Å². The van der Waals surface area contributed by atoms with E-state index in [0.29, 0.717) is 0 Å². The van der Waals surface area contributed by atoms with Crippen LogP contribution in [0.2, 0.25) is 0 Å². The topological polar surface area (TPSA) is 32.5 Å². The largest absolute Gasteiger partial charge is 0.329 e. The van der Waals surface area contributed by atoms with Crippen molar-refractivity contribution in [1.82, 2.24) is 9.80 Å². The van der Waals surface area contributed by atoms with E-state index in [1.54, 1.807) is 0 Å². The number of hydrogen-bond acceptors (Lipinski definition) is 3. The maximum Gasteiger partial charge on any atom is 0.0332 e. The second kappa shape index (κ2) is 7.94. The molecule has 0 spiro atoms.